The Bertz CT molecular complexity index is 1000. The molecule has 0 saturated carbocycles. The Morgan fingerprint density at radius 3 is 2.52 bits per heavy atom. The van der Waals surface area contributed by atoms with Crippen molar-refractivity contribution in [1.29, 1.82) is 0 Å². The Hall–Kier alpha value is -2.84. The quantitative estimate of drug-likeness (QED) is 0.396. The summed E-state index contributed by atoms with van der Waals surface area (Å²) in [6.07, 6.45) is 3.49. The van der Waals surface area contributed by atoms with Crippen LogP contribution in [0.2, 0.25) is 5.02 Å². The largest absolute Gasteiger partial charge is 0.497 e. The second kappa shape index (κ2) is 9.58. The predicted molar refractivity (Wildman–Crippen MR) is 121 cm³/mol. The molecule has 2 aromatic carbocycles. The summed E-state index contributed by atoms with van der Waals surface area (Å²) in [6, 6.07) is 11.5. The van der Waals surface area contributed by atoms with Crippen molar-refractivity contribution in [3.8, 4) is 11.5 Å². The molecule has 0 atom stereocenters. The third-order valence-corrected chi connectivity index (χ3v) is 4.74. The van der Waals surface area contributed by atoms with E-state index in [-0.39, 0.29) is 0 Å². The van der Waals surface area contributed by atoms with Gasteiger partial charge in [0.05, 0.1) is 37.5 Å². The highest BCUT2D eigenvalue weighted by atomic mass is 35.5. The summed E-state index contributed by atoms with van der Waals surface area (Å²) in [6.45, 7) is 2.00. The van der Waals surface area contributed by atoms with Gasteiger partial charge in [-0.1, -0.05) is 29.6 Å². The highest BCUT2D eigenvalue weighted by Crippen LogP contribution is 2.33. The first kappa shape index (κ1) is 20.9. The van der Waals surface area contributed by atoms with Gasteiger partial charge in [-0.05, 0) is 36.8 Å². The Morgan fingerprint density at radius 1 is 0.966 bits per heavy atom. The van der Waals surface area contributed by atoms with Crippen molar-refractivity contribution < 1.29 is 9.47 Å². The van der Waals surface area contributed by atoms with Gasteiger partial charge >= 0.3 is 0 Å². The molecule has 0 spiro atoms. The van der Waals surface area contributed by atoms with Gasteiger partial charge in [-0.3, -0.25) is 0 Å². The number of ether oxygens (including phenoxy) is 2. The zero-order valence-corrected chi connectivity index (χ0v) is 18.1. The lowest BCUT2D eigenvalue weighted by atomic mass is 10.2. The minimum Gasteiger partial charge on any atom is -0.497 e. The molecule has 9 heteroatoms. The van der Waals surface area contributed by atoms with Gasteiger partial charge in [-0.15, -0.1) is 0 Å². The Morgan fingerprint density at radius 2 is 1.79 bits per heavy atom. The van der Waals surface area contributed by atoms with Crippen LogP contribution < -0.4 is 24.8 Å². The SMILES string of the molecule is COc1ccc(Nc2nc(Nc3cc(C)ccc3OC)ncc2Cl)c(NSC)c1. The fourth-order valence-electron chi connectivity index (χ4n) is 2.64. The minimum atomic E-state index is 0.397. The van der Waals surface area contributed by atoms with E-state index in [2.05, 4.69) is 25.3 Å². The third-order valence-electron chi connectivity index (χ3n) is 4.04. The highest BCUT2D eigenvalue weighted by molar-refractivity contribution is 7.99. The summed E-state index contributed by atoms with van der Waals surface area (Å²) < 4.78 is 13.9. The van der Waals surface area contributed by atoms with Crippen molar-refractivity contribution in [1.82, 2.24) is 9.97 Å². The van der Waals surface area contributed by atoms with E-state index in [0.717, 1.165) is 28.4 Å². The average molecular weight is 432 g/mol. The number of nitrogens with zero attached hydrogens (tertiary/aromatic N) is 2. The van der Waals surface area contributed by atoms with Gasteiger partial charge in [0.2, 0.25) is 5.95 Å². The zero-order chi connectivity index (χ0) is 20.8. The van der Waals surface area contributed by atoms with Crippen LogP contribution in [0.4, 0.5) is 28.8 Å². The van der Waals surface area contributed by atoms with Crippen molar-refractivity contribution in [2.75, 3.05) is 35.8 Å². The maximum absolute atomic E-state index is 6.33. The number of anilines is 5. The lowest BCUT2D eigenvalue weighted by Crippen LogP contribution is -2.04. The van der Waals surface area contributed by atoms with Crippen LogP contribution in [0.5, 0.6) is 11.5 Å². The summed E-state index contributed by atoms with van der Waals surface area (Å²) in [5.74, 6) is 2.32. The van der Waals surface area contributed by atoms with Crippen molar-refractivity contribution in [3.63, 3.8) is 0 Å². The van der Waals surface area contributed by atoms with E-state index in [0.29, 0.717) is 22.5 Å². The first-order valence-electron chi connectivity index (χ1n) is 8.72. The number of halogens is 1. The molecule has 0 fully saturated rings. The molecule has 0 radical (unpaired) electrons. The summed E-state index contributed by atoms with van der Waals surface area (Å²) in [7, 11) is 3.25. The molecule has 0 unspecified atom stereocenters. The van der Waals surface area contributed by atoms with Crippen LogP contribution in [0, 0.1) is 6.92 Å². The van der Waals surface area contributed by atoms with Crippen LogP contribution in [0.15, 0.2) is 42.6 Å². The van der Waals surface area contributed by atoms with Gasteiger partial charge < -0.3 is 24.8 Å². The molecular formula is C20H22ClN5O2S. The van der Waals surface area contributed by atoms with Gasteiger partial charge in [0.1, 0.15) is 16.5 Å². The second-order valence-corrected chi connectivity index (χ2v) is 7.08. The minimum absolute atomic E-state index is 0.397. The number of aromatic nitrogens is 2. The third kappa shape index (κ3) is 5.16. The normalized spacial score (nSPS) is 10.4. The lowest BCUT2D eigenvalue weighted by molar-refractivity contribution is 0.415. The summed E-state index contributed by atoms with van der Waals surface area (Å²) >= 11 is 7.81. The fourth-order valence-corrected chi connectivity index (χ4v) is 3.16. The van der Waals surface area contributed by atoms with Gasteiger partial charge in [-0.2, -0.15) is 4.98 Å². The summed E-state index contributed by atoms with van der Waals surface area (Å²) in [4.78, 5) is 8.80. The number of methoxy groups -OCH3 is 2. The molecular weight excluding hydrogens is 410 g/mol. The fraction of sp³-hybridized carbons (Fsp3) is 0.200. The van der Waals surface area contributed by atoms with E-state index in [1.54, 1.807) is 20.4 Å². The van der Waals surface area contributed by atoms with Crippen LogP contribution >= 0.6 is 23.5 Å². The lowest BCUT2D eigenvalue weighted by Gasteiger charge is -2.15. The first-order valence-corrected chi connectivity index (χ1v) is 10.3. The van der Waals surface area contributed by atoms with Crippen LogP contribution in [-0.2, 0) is 0 Å². The number of aryl methyl sites for hydroxylation is 1. The van der Waals surface area contributed by atoms with E-state index in [9.17, 15) is 0 Å². The molecule has 0 aliphatic carbocycles. The van der Waals surface area contributed by atoms with Crippen LogP contribution in [-0.4, -0.2) is 30.4 Å². The molecule has 0 saturated heterocycles. The number of hydrogen-bond acceptors (Lipinski definition) is 8. The molecule has 3 N–H and O–H groups in total. The summed E-state index contributed by atoms with van der Waals surface area (Å²) in [5.41, 5.74) is 3.52. The molecule has 0 aliphatic heterocycles. The topological polar surface area (TPSA) is 80.3 Å². The number of nitrogens with one attached hydrogen (secondary N) is 3. The Balaban J connectivity index is 1.90. The van der Waals surface area contributed by atoms with Gasteiger partial charge in [0, 0.05) is 12.3 Å². The molecule has 152 valence electrons. The molecule has 1 heterocycles. The molecule has 0 bridgehead atoms. The van der Waals surface area contributed by atoms with Gasteiger partial charge in [0.15, 0.2) is 5.82 Å². The van der Waals surface area contributed by atoms with Crippen molar-refractivity contribution in [2.45, 2.75) is 6.92 Å². The second-order valence-electron chi connectivity index (χ2n) is 6.06. The molecule has 0 aliphatic rings. The molecule has 1 aromatic heterocycles. The molecule has 7 nitrogen and oxygen atoms in total. The summed E-state index contributed by atoms with van der Waals surface area (Å²) in [5, 5.41) is 6.85. The monoisotopic (exact) mass is 431 g/mol. The van der Waals surface area contributed by atoms with Crippen molar-refractivity contribution >= 4 is 52.4 Å². The van der Waals surface area contributed by atoms with Crippen molar-refractivity contribution in [3.05, 3.63) is 53.2 Å². The standard InChI is InChI=1S/C20H22ClN5O2S/c1-12-5-8-18(28-3)17(9-12)24-20-22-11-14(21)19(25-20)23-15-7-6-13(27-2)10-16(15)26-29-4/h5-11,26H,1-4H3,(H2,22,23,24,25). The van der Waals surface area contributed by atoms with E-state index < -0.39 is 0 Å². The van der Waals surface area contributed by atoms with E-state index in [4.69, 9.17) is 21.1 Å². The van der Waals surface area contributed by atoms with Crippen LogP contribution in [0.3, 0.4) is 0 Å². The number of rotatable bonds is 8. The smallest absolute Gasteiger partial charge is 0.229 e. The maximum Gasteiger partial charge on any atom is 0.229 e. The first-order chi connectivity index (χ1) is 14.0. The maximum atomic E-state index is 6.33. The number of hydrogen-bond donors (Lipinski definition) is 3. The van der Waals surface area contributed by atoms with Gasteiger partial charge in [0.25, 0.3) is 0 Å². The molecule has 29 heavy (non-hydrogen) atoms. The average Bonchev–Trinajstić information content (AvgIpc) is 2.72. The highest BCUT2D eigenvalue weighted by Gasteiger charge is 2.11. The predicted octanol–water partition coefficient (Wildman–Crippen LogP) is 5.63. The molecule has 3 aromatic rings. The van der Waals surface area contributed by atoms with Crippen molar-refractivity contribution in [2.24, 2.45) is 0 Å². The van der Waals surface area contributed by atoms with E-state index in [1.807, 2.05) is 49.6 Å². The van der Waals surface area contributed by atoms with Gasteiger partial charge in [-0.25, -0.2) is 4.98 Å². The van der Waals surface area contributed by atoms with E-state index >= 15 is 0 Å². The Kier molecular flexibility index (Phi) is 6.90. The van der Waals surface area contributed by atoms with E-state index in [1.165, 1.54) is 11.9 Å². The van der Waals surface area contributed by atoms with Crippen LogP contribution in [0.1, 0.15) is 5.56 Å². The molecule has 3 rings (SSSR count). The number of benzene rings is 2. The Labute approximate surface area is 179 Å². The van der Waals surface area contributed by atoms with Crippen LogP contribution in [0.25, 0.3) is 0 Å². The molecule has 0 amide bonds. The zero-order valence-electron chi connectivity index (χ0n) is 16.5.